The van der Waals surface area contributed by atoms with E-state index in [2.05, 4.69) is 34.2 Å². The summed E-state index contributed by atoms with van der Waals surface area (Å²) in [6, 6.07) is 16.2. The van der Waals surface area contributed by atoms with Crippen molar-refractivity contribution in [3.8, 4) is 11.1 Å². The Morgan fingerprint density at radius 1 is 0.972 bits per heavy atom. The molecule has 1 amide bonds. The maximum atomic E-state index is 13.3. The summed E-state index contributed by atoms with van der Waals surface area (Å²) >= 11 is 0. The molecule has 0 spiro atoms. The molecule has 8 heteroatoms. The van der Waals surface area contributed by atoms with E-state index in [1.165, 1.54) is 23.5 Å². The summed E-state index contributed by atoms with van der Waals surface area (Å²) in [6.07, 6.45) is 2.61. The number of aromatic nitrogens is 2. The highest BCUT2D eigenvalue weighted by molar-refractivity contribution is 5.79. The molecule has 1 aliphatic carbocycles. The van der Waals surface area contributed by atoms with Gasteiger partial charge >= 0.3 is 12.3 Å². The maximum Gasteiger partial charge on any atom is 0.451 e. The van der Waals surface area contributed by atoms with Gasteiger partial charge in [-0.05, 0) is 53.5 Å². The van der Waals surface area contributed by atoms with Crippen molar-refractivity contribution in [3.63, 3.8) is 0 Å². The Kier molecular flexibility index (Phi) is 5.54. The first-order chi connectivity index (χ1) is 17.4. The molecular formula is C28H24F3N3O2. The fourth-order valence-electron chi connectivity index (χ4n) is 5.84. The van der Waals surface area contributed by atoms with Crippen LogP contribution in [0.1, 0.15) is 54.1 Å². The zero-order chi connectivity index (χ0) is 24.9. The first-order valence-electron chi connectivity index (χ1n) is 12.1. The maximum absolute atomic E-state index is 13.3. The van der Waals surface area contributed by atoms with E-state index in [0.717, 1.165) is 36.0 Å². The predicted molar refractivity (Wildman–Crippen MR) is 128 cm³/mol. The van der Waals surface area contributed by atoms with Crippen LogP contribution in [0.4, 0.5) is 18.0 Å². The van der Waals surface area contributed by atoms with Crippen LogP contribution >= 0.6 is 0 Å². The molecule has 1 saturated heterocycles. The largest absolute Gasteiger partial charge is 0.451 e. The van der Waals surface area contributed by atoms with E-state index in [-0.39, 0.29) is 30.7 Å². The van der Waals surface area contributed by atoms with Crippen LogP contribution in [0.25, 0.3) is 16.7 Å². The zero-order valence-electron chi connectivity index (χ0n) is 19.4. The van der Waals surface area contributed by atoms with Crippen LogP contribution in [-0.2, 0) is 10.9 Å². The van der Waals surface area contributed by atoms with Crippen molar-refractivity contribution >= 4 is 11.7 Å². The highest BCUT2D eigenvalue weighted by atomic mass is 19.4. The molecule has 6 rings (SSSR count). The number of hydrogen-bond donors (Lipinski definition) is 0. The number of ether oxygens (including phenoxy) is 1. The lowest BCUT2D eigenvalue weighted by Crippen LogP contribution is -2.51. The van der Waals surface area contributed by atoms with Crippen molar-refractivity contribution in [2.75, 3.05) is 6.61 Å². The van der Waals surface area contributed by atoms with Crippen LogP contribution in [-0.4, -0.2) is 39.7 Å². The lowest BCUT2D eigenvalue weighted by molar-refractivity contribution is -0.145. The molecule has 0 radical (unpaired) electrons. The normalized spacial score (nSPS) is 21.0. The minimum absolute atomic E-state index is 0.0126. The molecule has 2 bridgehead atoms. The lowest BCUT2D eigenvalue weighted by Gasteiger charge is -2.44. The molecule has 2 unspecified atom stereocenters. The Morgan fingerprint density at radius 2 is 1.61 bits per heavy atom. The highest BCUT2D eigenvalue weighted by Gasteiger charge is 2.40. The van der Waals surface area contributed by atoms with Crippen molar-refractivity contribution < 1.29 is 22.7 Å². The van der Waals surface area contributed by atoms with Gasteiger partial charge in [-0.1, -0.05) is 54.6 Å². The number of carbonyl (C=O) groups excluding carboxylic acids is 1. The number of alkyl halides is 3. The predicted octanol–water partition coefficient (Wildman–Crippen LogP) is 6.45. The number of benzene rings is 2. The number of hydrogen-bond acceptors (Lipinski definition) is 4. The van der Waals surface area contributed by atoms with Crippen molar-refractivity contribution in [2.24, 2.45) is 0 Å². The van der Waals surface area contributed by atoms with Crippen molar-refractivity contribution in [2.45, 2.75) is 49.9 Å². The van der Waals surface area contributed by atoms with Gasteiger partial charge in [0.2, 0.25) is 5.82 Å². The van der Waals surface area contributed by atoms with Crippen molar-refractivity contribution in [1.29, 1.82) is 0 Å². The van der Waals surface area contributed by atoms with Gasteiger partial charge in [-0.2, -0.15) is 13.2 Å². The van der Waals surface area contributed by atoms with E-state index in [0.29, 0.717) is 12.0 Å². The van der Waals surface area contributed by atoms with Gasteiger partial charge < -0.3 is 4.74 Å². The molecule has 36 heavy (non-hydrogen) atoms. The third kappa shape index (κ3) is 3.94. The fraction of sp³-hybridized carbons (Fsp3) is 0.321. The summed E-state index contributed by atoms with van der Waals surface area (Å²) in [5, 5.41) is 0. The van der Waals surface area contributed by atoms with Gasteiger partial charge in [0.1, 0.15) is 6.61 Å². The molecule has 2 aromatic carbocycles. The zero-order valence-corrected chi connectivity index (χ0v) is 19.4. The van der Waals surface area contributed by atoms with Crippen LogP contribution in [0, 0.1) is 0 Å². The van der Waals surface area contributed by atoms with Crippen LogP contribution in [0.15, 0.2) is 67.0 Å². The molecule has 2 atom stereocenters. The average molecular weight is 492 g/mol. The Labute approximate surface area is 206 Å². The molecular weight excluding hydrogens is 467 g/mol. The summed E-state index contributed by atoms with van der Waals surface area (Å²) in [5.74, 6) is -1.16. The number of amides is 1. The van der Waals surface area contributed by atoms with Crippen molar-refractivity contribution in [3.05, 3.63) is 89.5 Å². The number of halogens is 3. The molecule has 184 valence electrons. The summed E-state index contributed by atoms with van der Waals surface area (Å²) in [6.45, 7) is 0.256. The van der Waals surface area contributed by atoms with E-state index < -0.39 is 12.0 Å². The fourth-order valence-corrected chi connectivity index (χ4v) is 5.84. The Morgan fingerprint density at radius 3 is 2.22 bits per heavy atom. The van der Waals surface area contributed by atoms with Gasteiger partial charge in [0.05, 0.1) is 6.04 Å². The van der Waals surface area contributed by atoms with E-state index in [9.17, 15) is 18.0 Å². The minimum atomic E-state index is -4.57. The molecule has 3 heterocycles. The smallest absolute Gasteiger partial charge is 0.448 e. The quantitative estimate of drug-likeness (QED) is 0.422. The topological polar surface area (TPSA) is 55.3 Å². The minimum Gasteiger partial charge on any atom is -0.448 e. The van der Waals surface area contributed by atoms with E-state index in [4.69, 9.17) is 4.74 Å². The molecule has 3 aromatic rings. The number of rotatable bonds is 3. The number of carbonyl (C=O) groups is 1. The molecule has 1 aromatic heterocycles. The third-order valence-electron chi connectivity index (χ3n) is 7.46. The molecule has 3 aliphatic rings. The molecule has 1 fully saturated rings. The Bertz CT molecular complexity index is 1290. The van der Waals surface area contributed by atoms with Crippen LogP contribution in [0.5, 0.6) is 0 Å². The van der Waals surface area contributed by atoms with Gasteiger partial charge in [0.25, 0.3) is 0 Å². The first-order valence-corrected chi connectivity index (χ1v) is 12.1. The number of piperidine rings is 1. The Hall–Kier alpha value is -3.68. The summed E-state index contributed by atoms with van der Waals surface area (Å²) < 4.78 is 44.4. The van der Waals surface area contributed by atoms with Gasteiger partial charge in [-0.25, -0.2) is 14.8 Å². The second-order valence-corrected chi connectivity index (χ2v) is 9.55. The second kappa shape index (κ2) is 8.76. The standard InChI is InChI=1S/C28H24F3N3O2/c29-28(30,31)26-32-14-18(15-33-26)17-12-19-6-5-7-20(13-17)34(19)27(35)36-16-25-23-10-3-1-8-21(23)22-9-2-4-11-24(22)25/h1-4,8-12,14-15,19-20,25H,5-7,13,16H2. The van der Waals surface area contributed by atoms with Gasteiger partial charge in [-0.15, -0.1) is 0 Å². The monoisotopic (exact) mass is 491 g/mol. The third-order valence-corrected chi connectivity index (χ3v) is 7.46. The number of fused-ring (bicyclic) bond motifs is 5. The molecule has 2 aliphatic heterocycles. The highest BCUT2D eigenvalue weighted by Crippen LogP contribution is 2.45. The molecule has 0 saturated carbocycles. The van der Waals surface area contributed by atoms with Crippen LogP contribution in [0.3, 0.4) is 0 Å². The van der Waals surface area contributed by atoms with Gasteiger partial charge in [-0.3, -0.25) is 4.90 Å². The van der Waals surface area contributed by atoms with Crippen LogP contribution in [0.2, 0.25) is 0 Å². The summed E-state index contributed by atoms with van der Waals surface area (Å²) in [4.78, 5) is 22.1. The van der Waals surface area contributed by atoms with Crippen molar-refractivity contribution in [1.82, 2.24) is 14.9 Å². The first kappa shape index (κ1) is 22.8. The van der Waals surface area contributed by atoms with E-state index >= 15 is 0 Å². The Balaban J connectivity index is 1.20. The summed E-state index contributed by atoms with van der Waals surface area (Å²) in [5.41, 5.74) is 6.11. The molecule has 5 nitrogen and oxygen atoms in total. The van der Waals surface area contributed by atoms with E-state index in [1.54, 1.807) is 0 Å². The van der Waals surface area contributed by atoms with Gasteiger partial charge in [0.15, 0.2) is 0 Å². The SMILES string of the molecule is O=C(OCC1c2ccccc2-c2ccccc21)N1C2C=C(c3cnc(C(F)(F)F)nc3)CC1CCC2. The molecule has 0 N–H and O–H groups in total. The van der Waals surface area contributed by atoms with Crippen LogP contribution < -0.4 is 0 Å². The average Bonchev–Trinajstić information content (AvgIpc) is 3.20. The lowest BCUT2D eigenvalue weighted by atomic mass is 9.83. The van der Waals surface area contributed by atoms with E-state index in [1.807, 2.05) is 35.2 Å². The number of nitrogens with zero attached hydrogens (tertiary/aromatic N) is 3. The second-order valence-electron chi connectivity index (χ2n) is 9.55. The van der Waals surface area contributed by atoms with Gasteiger partial charge in [0, 0.05) is 29.9 Å². The summed E-state index contributed by atoms with van der Waals surface area (Å²) in [7, 11) is 0.